The summed E-state index contributed by atoms with van der Waals surface area (Å²) >= 11 is 6.12. The maximum absolute atomic E-state index is 14.4. The quantitative estimate of drug-likeness (QED) is 0.189. The number of para-hydroxylation sites is 1. The van der Waals surface area contributed by atoms with Gasteiger partial charge in [0.05, 0.1) is 10.6 Å². The molecule has 10 heteroatoms. The molecule has 1 N–H and O–H groups in total. The van der Waals surface area contributed by atoms with Gasteiger partial charge < -0.3 is 10.2 Å². The highest BCUT2D eigenvalue weighted by molar-refractivity contribution is 7.92. The van der Waals surface area contributed by atoms with Crippen LogP contribution in [0.1, 0.15) is 31.4 Å². The average molecular weight is 636 g/mol. The number of carbonyl (C=O) groups excluding carboxylic acids is 2. The fourth-order valence-corrected chi connectivity index (χ4v) is 6.18. The molecule has 0 bridgehead atoms. The van der Waals surface area contributed by atoms with E-state index in [1.165, 1.54) is 4.90 Å². The first-order chi connectivity index (χ1) is 21.1. The number of nitrogens with one attached hydrogen (secondary N) is 1. The Hall–Kier alpha value is -4.21. The van der Waals surface area contributed by atoms with Gasteiger partial charge in [-0.25, -0.2) is 12.8 Å². The number of rotatable bonds is 13. The number of sulfonamides is 1. The molecule has 0 aliphatic carbocycles. The van der Waals surface area contributed by atoms with E-state index in [-0.39, 0.29) is 35.5 Å². The minimum atomic E-state index is -4.30. The summed E-state index contributed by atoms with van der Waals surface area (Å²) < 4.78 is 42.5. The Balaban J connectivity index is 1.78. The Morgan fingerprint density at radius 2 is 1.43 bits per heavy atom. The minimum Gasteiger partial charge on any atom is -0.352 e. The Morgan fingerprint density at radius 1 is 0.841 bits per heavy atom. The second kappa shape index (κ2) is 15.0. The van der Waals surface area contributed by atoms with Crippen LogP contribution in [-0.2, 0) is 32.6 Å². The number of hydrogen-bond donors (Lipinski definition) is 1. The molecule has 0 spiro atoms. The summed E-state index contributed by atoms with van der Waals surface area (Å²) in [7, 11) is -4.30. The van der Waals surface area contributed by atoms with E-state index in [0.717, 1.165) is 34.1 Å². The van der Waals surface area contributed by atoms with Gasteiger partial charge in [0, 0.05) is 24.0 Å². The first-order valence-electron chi connectivity index (χ1n) is 14.3. The van der Waals surface area contributed by atoms with Gasteiger partial charge in [0.2, 0.25) is 11.8 Å². The van der Waals surface area contributed by atoms with Crippen molar-refractivity contribution < 1.29 is 22.4 Å². The van der Waals surface area contributed by atoms with E-state index in [1.807, 2.05) is 44.2 Å². The fraction of sp³-hybridized carbons (Fsp3) is 0.235. The van der Waals surface area contributed by atoms with Gasteiger partial charge in [-0.2, -0.15) is 0 Å². The summed E-state index contributed by atoms with van der Waals surface area (Å²) in [5.74, 6) is -1.52. The van der Waals surface area contributed by atoms with Crippen molar-refractivity contribution >= 4 is 39.1 Å². The summed E-state index contributed by atoms with van der Waals surface area (Å²) in [6.07, 6.45) is 0.894. The molecule has 4 aromatic rings. The van der Waals surface area contributed by atoms with Gasteiger partial charge in [-0.1, -0.05) is 79.2 Å². The Bertz CT molecular complexity index is 1640. The molecule has 0 saturated carbocycles. The third-order valence-electron chi connectivity index (χ3n) is 7.26. The SMILES string of the molecule is CC[C@H](C)NC(=O)[C@H](Cc1ccccc1)N(Cc1ccc(Cl)cc1)C(=O)CN(c1ccccc1)S(=O)(=O)c1ccc(F)cc1. The van der Waals surface area contributed by atoms with Gasteiger partial charge in [0.15, 0.2) is 0 Å². The number of anilines is 1. The normalized spacial score (nSPS) is 12.6. The molecule has 4 aromatic carbocycles. The maximum Gasteiger partial charge on any atom is 0.264 e. The molecule has 0 saturated heterocycles. The lowest BCUT2D eigenvalue weighted by molar-refractivity contribution is -0.140. The maximum atomic E-state index is 14.4. The molecule has 0 aliphatic heterocycles. The molecular formula is C34H35ClFN3O4S. The zero-order chi connectivity index (χ0) is 31.7. The number of hydrogen-bond acceptors (Lipinski definition) is 4. The topological polar surface area (TPSA) is 86.8 Å². The summed E-state index contributed by atoms with van der Waals surface area (Å²) in [6.45, 7) is 3.26. The van der Waals surface area contributed by atoms with E-state index in [2.05, 4.69) is 5.32 Å². The van der Waals surface area contributed by atoms with Gasteiger partial charge >= 0.3 is 0 Å². The molecule has 0 heterocycles. The van der Waals surface area contributed by atoms with Gasteiger partial charge in [0.1, 0.15) is 18.4 Å². The van der Waals surface area contributed by atoms with Gasteiger partial charge in [-0.05, 0) is 73.0 Å². The molecule has 230 valence electrons. The second-order valence-electron chi connectivity index (χ2n) is 10.5. The van der Waals surface area contributed by atoms with E-state index in [1.54, 1.807) is 54.6 Å². The van der Waals surface area contributed by atoms with Crippen molar-refractivity contribution in [2.75, 3.05) is 10.8 Å². The van der Waals surface area contributed by atoms with Crippen molar-refractivity contribution in [2.24, 2.45) is 0 Å². The Kier molecular flexibility index (Phi) is 11.1. The number of halogens is 2. The van der Waals surface area contributed by atoms with Crippen molar-refractivity contribution in [1.29, 1.82) is 0 Å². The number of nitrogens with zero attached hydrogens (tertiary/aromatic N) is 2. The highest BCUT2D eigenvalue weighted by atomic mass is 35.5. The van der Waals surface area contributed by atoms with Crippen molar-refractivity contribution in [3.05, 3.63) is 131 Å². The highest BCUT2D eigenvalue weighted by Crippen LogP contribution is 2.25. The van der Waals surface area contributed by atoms with E-state index < -0.39 is 34.3 Å². The summed E-state index contributed by atoms with van der Waals surface area (Å²) in [5, 5.41) is 3.52. The molecule has 7 nitrogen and oxygen atoms in total. The van der Waals surface area contributed by atoms with Crippen molar-refractivity contribution in [3.63, 3.8) is 0 Å². The molecule has 0 unspecified atom stereocenters. The molecule has 0 aromatic heterocycles. The lowest BCUT2D eigenvalue weighted by Gasteiger charge is -2.34. The molecule has 2 atom stereocenters. The number of benzene rings is 4. The molecular weight excluding hydrogens is 601 g/mol. The van der Waals surface area contributed by atoms with Crippen molar-refractivity contribution in [2.45, 2.75) is 50.2 Å². The molecule has 0 fully saturated rings. The van der Waals surface area contributed by atoms with Crippen LogP contribution in [0.15, 0.2) is 114 Å². The third kappa shape index (κ3) is 8.45. The minimum absolute atomic E-state index is 0.0284. The van der Waals surface area contributed by atoms with Crippen LogP contribution in [-0.4, -0.2) is 43.8 Å². The summed E-state index contributed by atoms with van der Waals surface area (Å²) in [4.78, 5) is 29.4. The van der Waals surface area contributed by atoms with E-state index in [4.69, 9.17) is 11.6 Å². The molecule has 0 aliphatic rings. The van der Waals surface area contributed by atoms with E-state index in [0.29, 0.717) is 17.0 Å². The second-order valence-corrected chi connectivity index (χ2v) is 12.8. The van der Waals surface area contributed by atoms with Crippen LogP contribution >= 0.6 is 11.6 Å². The van der Waals surface area contributed by atoms with Crippen molar-refractivity contribution in [1.82, 2.24) is 10.2 Å². The summed E-state index contributed by atoms with van der Waals surface area (Å²) in [6, 6.07) is 27.8. The molecule has 44 heavy (non-hydrogen) atoms. The van der Waals surface area contributed by atoms with Crippen molar-refractivity contribution in [3.8, 4) is 0 Å². The lowest BCUT2D eigenvalue weighted by Crippen LogP contribution is -2.54. The van der Waals surface area contributed by atoms with E-state index >= 15 is 0 Å². The lowest BCUT2D eigenvalue weighted by atomic mass is 10.0. The third-order valence-corrected chi connectivity index (χ3v) is 9.30. The van der Waals surface area contributed by atoms with Crippen LogP contribution in [0.25, 0.3) is 0 Å². The first kappa shape index (κ1) is 32.7. The van der Waals surface area contributed by atoms with Crippen LogP contribution in [0.2, 0.25) is 5.02 Å². The van der Waals surface area contributed by atoms with Gasteiger partial charge in [0.25, 0.3) is 10.0 Å². The molecule has 0 radical (unpaired) electrons. The fourth-order valence-electron chi connectivity index (χ4n) is 4.64. The predicted octanol–water partition coefficient (Wildman–Crippen LogP) is 6.23. The van der Waals surface area contributed by atoms with Crippen LogP contribution in [0.5, 0.6) is 0 Å². The first-order valence-corrected chi connectivity index (χ1v) is 16.1. The standard InChI is InChI=1S/C34H35ClFN3O4S/c1-3-25(2)37-34(41)32(22-26-10-6-4-7-11-26)38(23-27-14-16-28(35)17-15-27)33(40)24-39(30-12-8-5-9-13-30)44(42,43)31-20-18-29(36)19-21-31/h4-21,25,32H,3,22-24H2,1-2H3,(H,37,41)/t25-,32-/m0/s1. The summed E-state index contributed by atoms with van der Waals surface area (Å²) in [5.41, 5.74) is 1.80. The zero-order valence-electron chi connectivity index (χ0n) is 24.6. The van der Waals surface area contributed by atoms with Crippen LogP contribution in [0.3, 0.4) is 0 Å². The highest BCUT2D eigenvalue weighted by Gasteiger charge is 2.35. The monoisotopic (exact) mass is 635 g/mol. The number of carbonyl (C=O) groups is 2. The number of amides is 2. The van der Waals surface area contributed by atoms with Crippen LogP contribution < -0.4 is 9.62 Å². The smallest absolute Gasteiger partial charge is 0.264 e. The molecule has 4 rings (SSSR count). The predicted molar refractivity (Wildman–Crippen MR) is 171 cm³/mol. The zero-order valence-corrected chi connectivity index (χ0v) is 26.1. The van der Waals surface area contributed by atoms with Gasteiger partial charge in [-0.3, -0.25) is 13.9 Å². The largest absolute Gasteiger partial charge is 0.352 e. The average Bonchev–Trinajstić information content (AvgIpc) is 3.03. The van der Waals surface area contributed by atoms with Crippen LogP contribution in [0, 0.1) is 5.82 Å². The van der Waals surface area contributed by atoms with Crippen LogP contribution in [0.4, 0.5) is 10.1 Å². The van der Waals surface area contributed by atoms with E-state index in [9.17, 15) is 22.4 Å². The Labute approximate surface area is 263 Å². The Morgan fingerprint density at radius 3 is 2.02 bits per heavy atom. The molecule has 2 amide bonds. The van der Waals surface area contributed by atoms with Gasteiger partial charge in [-0.15, -0.1) is 0 Å².